The van der Waals surface area contributed by atoms with Gasteiger partial charge < -0.3 is 0 Å². The predicted molar refractivity (Wildman–Crippen MR) is 59.1 cm³/mol. The zero-order chi connectivity index (χ0) is 8.81. The van der Waals surface area contributed by atoms with Crippen LogP contribution in [0.2, 0.25) is 0 Å². The van der Waals surface area contributed by atoms with Crippen molar-refractivity contribution in [1.82, 2.24) is 4.90 Å². The van der Waals surface area contributed by atoms with E-state index in [2.05, 4.69) is 14.8 Å². The molecule has 4 heteroatoms. The summed E-state index contributed by atoms with van der Waals surface area (Å²) < 4.78 is 10.9. The molecule has 0 N–H and O–H groups in total. The van der Waals surface area contributed by atoms with E-state index < -0.39 is 20.2 Å². The summed E-state index contributed by atoms with van der Waals surface area (Å²) in [5.74, 6) is 0. The molecule has 0 amide bonds. The van der Waals surface area contributed by atoms with E-state index in [4.69, 9.17) is 7.80 Å². The molecule has 0 saturated carbocycles. The molecule has 1 aliphatic rings. The normalized spacial score (nSPS) is 21.0. The van der Waals surface area contributed by atoms with Crippen LogP contribution in [0.5, 0.6) is 0 Å². The quantitative estimate of drug-likeness (QED) is 0.569. The maximum absolute atomic E-state index is 5.62. The maximum atomic E-state index is 5.62. The van der Waals surface area contributed by atoms with Crippen LogP contribution in [0.15, 0.2) is 0 Å². The van der Waals surface area contributed by atoms with Gasteiger partial charge >= 0.3 is 82.3 Å². The van der Waals surface area contributed by atoms with Gasteiger partial charge in [0.2, 0.25) is 0 Å². The average molecular weight is 287 g/mol. The summed E-state index contributed by atoms with van der Waals surface area (Å²) in [5.41, 5.74) is 0. The van der Waals surface area contributed by atoms with Gasteiger partial charge in [-0.15, -0.1) is 0 Å². The van der Waals surface area contributed by atoms with E-state index in [9.17, 15) is 0 Å². The minimum atomic E-state index is -0.948. The van der Waals surface area contributed by atoms with Gasteiger partial charge in [0, 0.05) is 0 Å². The fourth-order valence-corrected chi connectivity index (χ4v) is 2.22. The molecule has 0 radical (unpaired) electrons. The first kappa shape index (κ1) is 10.7. The molecule has 1 fully saturated rings. The summed E-state index contributed by atoms with van der Waals surface area (Å²) in [6, 6.07) is 0. The molecule has 1 rings (SSSR count). The number of alkyl halides is 2. The first-order valence-electron chi connectivity index (χ1n) is 4.22. The van der Waals surface area contributed by atoms with Crippen LogP contribution in [0.25, 0.3) is 0 Å². The fraction of sp³-hybridized carbons (Fsp3) is 1.00. The molecule has 1 aliphatic heterocycles. The molecule has 0 spiro atoms. The minimum absolute atomic E-state index is 0.889. The van der Waals surface area contributed by atoms with E-state index in [0.29, 0.717) is 0 Å². The van der Waals surface area contributed by atoms with E-state index >= 15 is 0 Å². The molecule has 0 aliphatic carbocycles. The van der Waals surface area contributed by atoms with E-state index in [1.165, 1.54) is 0 Å². The molecule has 0 aromatic rings. The molecular formula is C8H18INO2. The number of nitrogens with zero attached hydrogens (tertiary/aromatic N) is 1. The van der Waals surface area contributed by atoms with Gasteiger partial charge in [0.25, 0.3) is 0 Å². The van der Waals surface area contributed by atoms with Crippen LogP contribution < -0.4 is 0 Å². The average Bonchev–Trinajstić information content (AvgIpc) is 2.05. The number of ether oxygens (including phenoxy) is 1. The molecule has 0 atom stereocenters. The molecule has 74 valence electrons. The first-order chi connectivity index (χ1) is 5.79. The van der Waals surface area contributed by atoms with E-state index in [1.54, 1.807) is 0 Å². The van der Waals surface area contributed by atoms with E-state index in [0.717, 1.165) is 39.5 Å². The molecule has 3 nitrogen and oxygen atoms in total. The molecule has 0 aromatic carbocycles. The summed E-state index contributed by atoms with van der Waals surface area (Å²) >= 11 is -0.948. The topological polar surface area (TPSA) is 21.7 Å². The fourth-order valence-electron chi connectivity index (χ4n) is 1.14. The predicted octanol–water partition coefficient (Wildman–Crippen LogP) is 1.02. The van der Waals surface area contributed by atoms with Gasteiger partial charge in [-0.1, -0.05) is 0 Å². The monoisotopic (exact) mass is 287 g/mol. The van der Waals surface area contributed by atoms with Crippen LogP contribution in [0.3, 0.4) is 0 Å². The molecule has 0 bridgehead atoms. The molecule has 0 unspecified atom stereocenters. The van der Waals surface area contributed by atoms with Gasteiger partial charge in [0.15, 0.2) is 0 Å². The second-order valence-electron chi connectivity index (χ2n) is 2.95. The summed E-state index contributed by atoms with van der Waals surface area (Å²) in [7, 11) is 0. The number of halogens is 1. The Balaban J connectivity index is 1.98. The van der Waals surface area contributed by atoms with Gasteiger partial charge in [-0.25, -0.2) is 0 Å². The zero-order valence-electron chi connectivity index (χ0n) is 7.88. The third-order valence-corrected chi connectivity index (χ3v) is 3.49. The van der Waals surface area contributed by atoms with Crippen molar-refractivity contribution in [3.63, 3.8) is 0 Å². The molecule has 0 aromatic heterocycles. The van der Waals surface area contributed by atoms with Gasteiger partial charge in [0.05, 0.1) is 0 Å². The van der Waals surface area contributed by atoms with Gasteiger partial charge in [-0.3, -0.25) is 0 Å². The van der Waals surface area contributed by atoms with Crippen molar-refractivity contribution >= 4 is 20.2 Å². The second-order valence-corrected chi connectivity index (χ2v) is 7.50. The van der Waals surface area contributed by atoms with Gasteiger partial charge in [-0.2, -0.15) is 0 Å². The van der Waals surface area contributed by atoms with Crippen LogP contribution in [-0.4, -0.2) is 54.2 Å². The van der Waals surface area contributed by atoms with Crippen LogP contribution in [0.1, 0.15) is 0 Å². The Bertz CT molecular complexity index is 116. The summed E-state index contributed by atoms with van der Waals surface area (Å²) in [5, 5.41) is 0. The van der Waals surface area contributed by atoms with Crippen molar-refractivity contribution in [3.8, 4) is 0 Å². The SMILES string of the molecule is CI(C)OCCN1CCOCC1. The van der Waals surface area contributed by atoms with Crippen LogP contribution in [0.4, 0.5) is 0 Å². The summed E-state index contributed by atoms with van der Waals surface area (Å²) in [4.78, 5) is 6.86. The Morgan fingerprint density at radius 3 is 2.58 bits per heavy atom. The van der Waals surface area contributed by atoms with E-state index in [-0.39, 0.29) is 0 Å². The van der Waals surface area contributed by atoms with Crippen molar-refractivity contribution in [1.29, 1.82) is 0 Å². The van der Waals surface area contributed by atoms with E-state index in [1.807, 2.05) is 0 Å². The molecular weight excluding hydrogens is 269 g/mol. The first-order valence-corrected chi connectivity index (χ1v) is 9.42. The third kappa shape index (κ3) is 4.59. The van der Waals surface area contributed by atoms with Gasteiger partial charge in [-0.05, 0) is 0 Å². The van der Waals surface area contributed by atoms with Crippen molar-refractivity contribution in [2.24, 2.45) is 0 Å². The van der Waals surface area contributed by atoms with Crippen molar-refractivity contribution < 1.29 is 7.80 Å². The Kier molecular flexibility index (Phi) is 5.45. The second kappa shape index (κ2) is 6.12. The van der Waals surface area contributed by atoms with Crippen LogP contribution in [-0.2, 0) is 7.80 Å². The van der Waals surface area contributed by atoms with Crippen molar-refractivity contribution in [3.05, 3.63) is 0 Å². The molecule has 1 heterocycles. The Morgan fingerprint density at radius 1 is 1.33 bits per heavy atom. The van der Waals surface area contributed by atoms with Crippen molar-refractivity contribution in [2.75, 3.05) is 49.3 Å². The summed E-state index contributed by atoms with van der Waals surface area (Å²) in [6.45, 7) is 5.92. The Labute approximate surface area is 82.3 Å². The number of hydrogen-bond donors (Lipinski definition) is 0. The summed E-state index contributed by atoms with van der Waals surface area (Å²) in [6.07, 6.45) is 0. The van der Waals surface area contributed by atoms with Crippen molar-refractivity contribution in [2.45, 2.75) is 0 Å². The third-order valence-electron chi connectivity index (χ3n) is 1.81. The molecule has 12 heavy (non-hydrogen) atoms. The zero-order valence-corrected chi connectivity index (χ0v) is 10.0. The Morgan fingerprint density at radius 2 is 2.00 bits per heavy atom. The van der Waals surface area contributed by atoms with Crippen LogP contribution >= 0.6 is 20.2 Å². The number of morpholine rings is 1. The molecule has 1 saturated heterocycles. The Hall–Kier alpha value is 0.610. The van der Waals surface area contributed by atoms with Gasteiger partial charge in [0.1, 0.15) is 0 Å². The standard InChI is InChI=1S/C8H18INO2/c1-9(2)12-8-5-10-3-6-11-7-4-10/h3-8H2,1-2H3. The van der Waals surface area contributed by atoms with Crippen LogP contribution in [0, 0.1) is 0 Å². The number of hydrogen-bond acceptors (Lipinski definition) is 3. The number of rotatable bonds is 4.